The first-order chi connectivity index (χ1) is 12.2. The maximum atomic E-state index is 8.63. The van der Waals surface area contributed by atoms with Crippen LogP contribution in [0.4, 0.5) is 0 Å². The van der Waals surface area contributed by atoms with E-state index in [0.29, 0.717) is 17.6 Å². The summed E-state index contributed by atoms with van der Waals surface area (Å²) in [4.78, 5) is 0. The van der Waals surface area contributed by atoms with Gasteiger partial charge in [-0.3, -0.25) is 0 Å². The largest absolute Gasteiger partial charge is 0.508 e. The van der Waals surface area contributed by atoms with Crippen molar-refractivity contribution in [1.82, 2.24) is 0 Å². The van der Waals surface area contributed by atoms with Gasteiger partial charge in [0, 0.05) is 0 Å². The molecule has 1 heteroatoms. The van der Waals surface area contributed by atoms with Crippen LogP contribution in [0.3, 0.4) is 0 Å². The van der Waals surface area contributed by atoms with Crippen molar-refractivity contribution in [2.24, 2.45) is 5.92 Å². The zero-order valence-electron chi connectivity index (χ0n) is 15.0. The van der Waals surface area contributed by atoms with Crippen LogP contribution in [0.1, 0.15) is 42.4 Å². The standard InChI is InChI=1S/C18H20.C6H6O/c1-13-12-16-10-6-7-11-17(16)18(13)14(2)15-8-4-3-5-9-15;7-6-4-2-1-3-5-6/h3-11,13-14,18H,12H2,1-2H3;1-5,7H. The van der Waals surface area contributed by atoms with E-state index in [1.54, 1.807) is 35.4 Å². The number of phenolic OH excluding ortho intramolecular Hbond substituents is 1. The number of rotatable bonds is 2. The molecule has 3 atom stereocenters. The Morgan fingerprint density at radius 2 is 1.36 bits per heavy atom. The minimum Gasteiger partial charge on any atom is -0.508 e. The topological polar surface area (TPSA) is 20.2 Å². The van der Waals surface area contributed by atoms with Crippen LogP contribution in [0.25, 0.3) is 0 Å². The highest BCUT2D eigenvalue weighted by Crippen LogP contribution is 2.45. The molecule has 4 rings (SSSR count). The second-order valence-corrected chi connectivity index (χ2v) is 6.94. The molecule has 1 N–H and O–H groups in total. The second-order valence-electron chi connectivity index (χ2n) is 6.94. The SMILES string of the molecule is CC1Cc2ccccc2C1C(C)c1ccccc1.Oc1ccccc1. The smallest absolute Gasteiger partial charge is 0.115 e. The molecule has 0 saturated heterocycles. The predicted molar refractivity (Wildman–Crippen MR) is 105 cm³/mol. The zero-order chi connectivity index (χ0) is 17.6. The highest BCUT2D eigenvalue weighted by Gasteiger charge is 2.33. The number of hydrogen-bond donors (Lipinski definition) is 1. The summed E-state index contributed by atoms with van der Waals surface area (Å²) in [6.45, 7) is 4.77. The van der Waals surface area contributed by atoms with Crippen molar-refractivity contribution < 1.29 is 5.11 Å². The van der Waals surface area contributed by atoms with Gasteiger partial charge in [-0.2, -0.15) is 0 Å². The molecule has 25 heavy (non-hydrogen) atoms. The lowest BCUT2D eigenvalue weighted by molar-refractivity contribution is 0.441. The van der Waals surface area contributed by atoms with Crippen LogP contribution in [-0.4, -0.2) is 5.11 Å². The van der Waals surface area contributed by atoms with Gasteiger partial charge in [-0.05, 0) is 53.0 Å². The average molecular weight is 330 g/mol. The van der Waals surface area contributed by atoms with E-state index in [1.807, 2.05) is 6.07 Å². The molecule has 0 aromatic heterocycles. The Bertz CT molecular complexity index is 779. The summed E-state index contributed by atoms with van der Waals surface area (Å²) in [5, 5.41) is 8.63. The van der Waals surface area contributed by atoms with E-state index in [-0.39, 0.29) is 0 Å². The lowest BCUT2D eigenvalue weighted by Gasteiger charge is -2.25. The maximum Gasteiger partial charge on any atom is 0.115 e. The fourth-order valence-electron chi connectivity index (χ4n) is 3.98. The van der Waals surface area contributed by atoms with Gasteiger partial charge in [0.1, 0.15) is 5.75 Å². The molecule has 1 nitrogen and oxygen atoms in total. The Kier molecular flexibility index (Phi) is 5.55. The number of benzene rings is 3. The van der Waals surface area contributed by atoms with Crippen molar-refractivity contribution in [3.05, 3.63) is 102 Å². The van der Waals surface area contributed by atoms with Crippen LogP contribution in [0.5, 0.6) is 5.75 Å². The molecule has 0 radical (unpaired) electrons. The molecule has 3 unspecified atom stereocenters. The summed E-state index contributed by atoms with van der Waals surface area (Å²) in [5.41, 5.74) is 4.59. The number of para-hydroxylation sites is 1. The molecular weight excluding hydrogens is 304 g/mol. The lowest BCUT2D eigenvalue weighted by Crippen LogP contribution is -2.12. The van der Waals surface area contributed by atoms with Crippen LogP contribution in [-0.2, 0) is 6.42 Å². The van der Waals surface area contributed by atoms with Crippen molar-refractivity contribution in [3.63, 3.8) is 0 Å². The summed E-state index contributed by atoms with van der Waals surface area (Å²) >= 11 is 0. The number of fused-ring (bicyclic) bond motifs is 1. The Morgan fingerprint density at radius 1 is 0.800 bits per heavy atom. The van der Waals surface area contributed by atoms with E-state index in [4.69, 9.17) is 5.11 Å². The van der Waals surface area contributed by atoms with Crippen LogP contribution in [0.2, 0.25) is 0 Å². The minimum absolute atomic E-state index is 0.322. The van der Waals surface area contributed by atoms with E-state index in [2.05, 4.69) is 68.4 Å². The second kappa shape index (κ2) is 8.02. The molecule has 0 spiro atoms. The summed E-state index contributed by atoms with van der Waals surface area (Å²) in [5.74, 6) is 2.34. The third-order valence-electron chi connectivity index (χ3n) is 5.19. The van der Waals surface area contributed by atoms with Gasteiger partial charge in [-0.1, -0.05) is 86.6 Å². The van der Waals surface area contributed by atoms with E-state index in [1.165, 1.54) is 12.0 Å². The molecule has 1 aliphatic rings. The van der Waals surface area contributed by atoms with Crippen molar-refractivity contribution in [3.8, 4) is 5.75 Å². The van der Waals surface area contributed by atoms with Crippen molar-refractivity contribution >= 4 is 0 Å². The molecular formula is C24H26O. The van der Waals surface area contributed by atoms with Gasteiger partial charge in [0.25, 0.3) is 0 Å². The first kappa shape index (κ1) is 17.3. The molecule has 1 aliphatic carbocycles. The Hall–Kier alpha value is -2.54. The molecule has 0 fully saturated rings. The summed E-state index contributed by atoms with van der Waals surface area (Å²) in [7, 11) is 0. The Balaban J connectivity index is 0.000000219. The van der Waals surface area contributed by atoms with E-state index < -0.39 is 0 Å². The predicted octanol–water partition coefficient (Wildman–Crippen LogP) is 6.16. The third kappa shape index (κ3) is 4.11. The molecule has 0 saturated carbocycles. The van der Waals surface area contributed by atoms with Gasteiger partial charge in [-0.25, -0.2) is 0 Å². The fraction of sp³-hybridized carbons (Fsp3) is 0.250. The van der Waals surface area contributed by atoms with Gasteiger partial charge >= 0.3 is 0 Å². The van der Waals surface area contributed by atoms with Crippen molar-refractivity contribution in [2.75, 3.05) is 0 Å². The lowest BCUT2D eigenvalue weighted by atomic mass is 9.79. The number of hydrogen-bond acceptors (Lipinski definition) is 1. The van der Waals surface area contributed by atoms with Gasteiger partial charge in [0.05, 0.1) is 0 Å². The van der Waals surface area contributed by atoms with E-state index >= 15 is 0 Å². The molecule has 0 heterocycles. The Labute approximate surface area is 151 Å². The first-order valence-electron chi connectivity index (χ1n) is 9.03. The van der Waals surface area contributed by atoms with Crippen LogP contribution in [0, 0.1) is 5.92 Å². The normalized spacial score (nSPS) is 19.4. The highest BCUT2D eigenvalue weighted by atomic mass is 16.3. The molecule has 0 bridgehead atoms. The van der Waals surface area contributed by atoms with Crippen molar-refractivity contribution in [2.45, 2.75) is 32.1 Å². The summed E-state index contributed by atoms with van der Waals surface area (Å²) in [6, 6.07) is 28.6. The van der Waals surface area contributed by atoms with Crippen LogP contribution >= 0.6 is 0 Å². The number of aromatic hydroxyl groups is 1. The first-order valence-corrected chi connectivity index (χ1v) is 9.03. The molecule has 3 aromatic carbocycles. The molecule has 0 amide bonds. The third-order valence-corrected chi connectivity index (χ3v) is 5.19. The monoisotopic (exact) mass is 330 g/mol. The van der Waals surface area contributed by atoms with Crippen LogP contribution < -0.4 is 0 Å². The average Bonchev–Trinajstić information content (AvgIpc) is 2.99. The fourth-order valence-corrected chi connectivity index (χ4v) is 3.98. The Morgan fingerprint density at radius 3 is 1.96 bits per heavy atom. The maximum absolute atomic E-state index is 8.63. The molecule has 0 aliphatic heterocycles. The van der Waals surface area contributed by atoms with E-state index in [9.17, 15) is 0 Å². The van der Waals surface area contributed by atoms with Gasteiger partial charge in [-0.15, -0.1) is 0 Å². The molecule has 3 aromatic rings. The van der Waals surface area contributed by atoms with Gasteiger partial charge in [0.15, 0.2) is 0 Å². The minimum atomic E-state index is 0.322. The van der Waals surface area contributed by atoms with Gasteiger partial charge in [0.2, 0.25) is 0 Å². The summed E-state index contributed by atoms with van der Waals surface area (Å²) < 4.78 is 0. The quantitative estimate of drug-likeness (QED) is 0.597. The van der Waals surface area contributed by atoms with Crippen molar-refractivity contribution in [1.29, 1.82) is 0 Å². The zero-order valence-corrected chi connectivity index (χ0v) is 15.0. The van der Waals surface area contributed by atoms with Gasteiger partial charge < -0.3 is 5.11 Å². The highest BCUT2D eigenvalue weighted by molar-refractivity contribution is 5.39. The van der Waals surface area contributed by atoms with Crippen LogP contribution in [0.15, 0.2) is 84.9 Å². The summed E-state index contributed by atoms with van der Waals surface area (Å²) in [6.07, 6.45) is 1.23. The number of phenols is 1. The van der Waals surface area contributed by atoms with E-state index in [0.717, 1.165) is 5.92 Å². The molecule has 128 valence electrons.